The molecule has 4 aromatic carbocycles. The van der Waals surface area contributed by atoms with Crippen molar-refractivity contribution < 1.29 is 71.4 Å². The van der Waals surface area contributed by atoms with Crippen molar-refractivity contribution in [3.63, 3.8) is 0 Å². The topological polar surface area (TPSA) is 214 Å². The number of ether oxygens (including phenoxy) is 9. The number of aromatic nitrogens is 1. The van der Waals surface area contributed by atoms with Gasteiger partial charge in [-0.3, -0.25) is 19.2 Å². The molecular formula is C66H79N3O15S. The van der Waals surface area contributed by atoms with Gasteiger partial charge in [0.1, 0.15) is 34.5 Å². The van der Waals surface area contributed by atoms with Crippen molar-refractivity contribution in [3.8, 4) is 34.5 Å². The van der Waals surface area contributed by atoms with Crippen LogP contribution in [0.2, 0.25) is 0 Å². The second-order valence-electron chi connectivity index (χ2n) is 20.9. The second kappa shape index (κ2) is 35.4. The third-order valence-corrected chi connectivity index (χ3v) is 15.7. The van der Waals surface area contributed by atoms with Crippen LogP contribution in [0.15, 0.2) is 121 Å². The molecule has 0 bridgehead atoms. The Kier molecular flexibility index (Phi) is 26.9. The maximum absolute atomic E-state index is 14.0. The smallest absolute Gasteiger partial charge is 0.330 e. The summed E-state index contributed by atoms with van der Waals surface area (Å²) in [6, 6.07) is 26.5. The summed E-state index contributed by atoms with van der Waals surface area (Å²) >= 11 is 1.51. The Morgan fingerprint density at radius 3 is 1.45 bits per heavy atom. The highest BCUT2D eigenvalue weighted by atomic mass is 32.1. The van der Waals surface area contributed by atoms with E-state index in [1.807, 2.05) is 36.2 Å². The summed E-state index contributed by atoms with van der Waals surface area (Å²) in [5.74, 6) is -1.53. The van der Waals surface area contributed by atoms with Crippen molar-refractivity contribution in [2.45, 2.75) is 122 Å². The minimum atomic E-state index is -0.475. The number of hydrogen-bond donors (Lipinski definition) is 0. The summed E-state index contributed by atoms with van der Waals surface area (Å²) < 4.78 is 51.9. The molecule has 1 heterocycles. The highest BCUT2D eigenvalue weighted by Crippen LogP contribution is 2.36. The van der Waals surface area contributed by atoms with Gasteiger partial charge in [-0.25, -0.2) is 19.6 Å². The summed E-state index contributed by atoms with van der Waals surface area (Å²) in [5.41, 5.74) is 1.24. The van der Waals surface area contributed by atoms with Crippen molar-refractivity contribution in [2.75, 3.05) is 51.2 Å². The van der Waals surface area contributed by atoms with Crippen LogP contribution in [0, 0.1) is 23.7 Å². The molecule has 0 unspecified atom stereocenters. The molecule has 85 heavy (non-hydrogen) atoms. The van der Waals surface area contributed by atoms with E-state index in [0.717, 1.165) is 86.6 Å². The molecule has 0 saturated heterocycles. The molecule has 2 saturated carbocycles. The van der Waals surface area contributed by atoms with Gasteiger partial charge in [0, 0.05) is 37.5 Å². The number of fused-ring (bicyclic) bond motifs is 1. The van der Waals surface area contributed by atoms with Crippen LogP contribution in [-0.4, -0.2) is 93.2 Å². The van der Waals surface area contributed by atoms with E-state index in [1.54, 1.807) is 72.9 Å². The second-order valence-corrected chi connectivity index (χ2v) is 21.9. The largest absolute Gasteiger partial charge is 0.494 e. The van der Waals surface area contributed by atoms with Crippen LogP contribution in [0.4, 0.5) is 5.13 Å². The Hall–Kier alpha value is -7.90. The average molecular weight is 1190 g/mol. The minimum Gasteiger partial charge on any atom is -0.494 e. The van der Waals surface area contributed by atoms with Crippen LogP contribution in [-0.2, 0) is 43.0 Å². The van der Waals surface area contributed by atoms with Gasteiger partial charge in [0.2, 0.25) is 5.13 Å². The minimum absolute atomic E-state index is 0.224. The van der Waals surface area contributed by atoms with Crippen molar-refractivity contribution in [2.24, 2.45) is 28.8 Å². The zero-order valence-corrected chi connectivity index (χ0v) is 49.5. The van der Waals surface area contributed by atoms with E-state index in [2.05, 4.69) is 13.2 Å². The average Bonchev–Trinajstić information content (AvgIpc) is 4.18. The first-order valence-corrected chi connectivity index (χ1v) is 30.6. The lowest BCUT2D eigenvalue weighted by Gasteiger charge is -2.26. The summed E-state index contributed by atoms with van der Waals surface area (Å²) in [4.78, 5) is 81.5. The van der Waals surface area contributed by atoms with Gasteiger partial charge in [0.15, 0.2) is 0 Å². The molecule has 7 rings (SSSR count). The Balaban J connectivity index is 0.916. The van der Waals surface area contributed by atoms with Crippen LogP contribution < -0.4 is 33.4 Å². The van der Waals surface area contributed by atoms with E-state index < -0.39 is 41.6 Å². The SMILES string of the molecule is C=CC(=O)OCCCCCCOc1ccc(OC(=O)[C@H]2CC[C@H](C(=O)Oc3ccc(OC(=O)[C@H]4CC[C@H](C(=O)Oc5ccc(OCCCCCCOC(=O)C=C)cc5)CC4)c(/C=N/N(CCCCOCC)c4nc5ccccc5s4)c3)CC2)cc1. The molecule has 0 amide bonds. The molecule has 19 heteroatoms. The van der Waals surface area contributed by atoms with Crippen molar-refractivity contribution in [3.05, 3.63) is 122 Å². The number of thiazole rings is 1. The zero-order chi connectivity index (χ0) is 60.0. The molecule has 454 valence electrons. The summed E-state index contributed by atoms with van der Waals surface area (Å²) in [6.45, 7) is 12.3. The molecule has 0 N–H and O–H groups in total. The number of hydrazone groups is 1. The Bertz CT molecular complexity index is 2950. The lowest BCUT2D eigenvalue weighted by atomic mass is 9.82. The Morgan fingerprint density at radius 2 is 0.965 bits per heavy atom. The van der Waals surface area contributed by atoms with Crippen molar-refractivity contribution in [1.82, 2.24) is 4.98 Å². The Labute approximate surface area is 501 Å². The first kappa shape index (κ1) is 64.7. The highest BCUT2D eigenvalue weighted by molar-refractivity contribution is 7.22. The zero-order valence-electron chi connectivity index (χ0n) is 48.7. The first-order valence-electron chi connectivity index (χ1n) is 29.8. The number of unbranched alkanes of at least 4 members (excludes halogenated alkanes) is 7. The fraction of sp³-hybridized carbons (Fsp3) is 0.455. The van der Waals surface area contributed by atoms with Crippen LogP contribution in [0.1, 0.15) is 128 Å². The number of nitrogens with zero attached hydrogens (tertiary/aromatic N) is 3. The normalized spacial score (nSPS) is 16.6. The number of para-hydroxylation sites is 1. The molecule has 18 nitrogen and oxygen atoms in total. The standard InChI is InChI=1S/C66H79N3O15S/c1-4-60(70)79-43-16-9-7-14-41-77-52-29-33-54(34-30-52)81-62(72)47-21-23-49(24-22-47)64(74)83-56-37-38-58(51(45-56)46-67-69(39-13-18-40-76-6-3)66-68-57-19-11-12-20-59(57)85-66)84-65(75)50-27-25-48(26-28-50)63(73)82-55-35-31-53(32-36-55)78-42-15-8-10-17-44-80-61(71)5-2/h4-5,11-12,19-20,29-38,45-50H,1-2,6-10,13-18,21-28,39-44H2,3H3/b67-46+/t47-,48-,49-,50-. The molecular weight excluding hydrogens is 1110 g/mol. The van der Waals surface area contributed by atoms with E-state index in [9.17, 15) is 28.8 Å². The lowest BCUT2D eigenvalue weighted by molar-refractivity contribution is -0.145. The van der Waals surface area contributed by atoms with E-state index in [1.165, 1.54) is 11.3 Å². The summed E-state index contributed by atoms with van der Waals surface area (Å²) in [6.07, 6.45) is 15.9. The van der Waals surface area contributed by atoms with E-state index in [4.69, 9.17) is 52.7 Å². The van der Waals surface area contributed by atoms with Crippen LogP contribution in [0.3, 0.4) is 0 Å². The third-order valence-electron chi connectivity index (χ3n) is 14.7. The summed E-state index contributed by atoms with van der Waals surface area (Å²) in [7, 11) is 0. The van der Waals surface area contributed by atoms with Crippen LogP contribution in [0.25, 0.3) is 10.2 Å². The molecule has 0 spiro atoms. The van der Waals surface area contributed by atoms with Crippen molar-refractivity contribution in [1.29, 1.82) is 0 Å². The van der Waals surface area contributed by atoms with Gasteiger partial charge in [0.25, 0.3) is 0 Å². The fourth-order valence-corrected chi connectivity index (χ4v) is 10.7. The van der Waals surface area contributed by atoms with Gasteiger partial charge in [0.05, 0.1) is 66.5 Å². The molecule has 0 atom stereocenters. The maximum atomic E-state index is 14.0. The van der Waals surface area contributed by atoms with Gasteiger partial charge in [-0.05, 0) is 201 Å². The number of benzene rings is 4. The Morgan fingerprint density at radius 1 is 0.529 bits per heavy atom. The van der Waals surface area contributed by atoms with Crippen LogP contribution >= 0.6 is 11.3 Å². The number of esters is 6. The quantitative estimate of drug-likeness (QED) is 0.00921. The maximum Gasteiger partial charge on any atom is 0.330 e. The highest BCUT2D eigenvalue weighted by Gasteiger charge is 2.34. The number of anilines is 1. The monoisotopic (exact) mass is 1190 g/mol. The number of carbonyl (C=O) groups excluding carboxylic acids is 6. The van der Waals surface area contributed by atoms with Crippen LogP contribution in [0.5, 0.6) is 34.5 Å². The lowest BCUT2D eigenvalue weighted by Crippen LogP contribution is -2.30. The molecule has 2 aliphatic rings. The molecule has 1 aromatic heterocycles. The van der Waals surface area contributed by atoms with E-state index in [0.29, 0.717) is 131 Å². The predicted octanol–water partition coefficient (Wildman–Crippen LogP) is 12.9. The van der Waals surface area contributed by atoms with Gasteiger partial charge < -0.3 is 42.6 Å². The fourth-order valence-electron chi connectivity index (χ4n) is 9.79. The van der Waals surface area contributed by atoms with Crippen molar-refractivity contribution >= 4 is 68.7 Å². The number of rotatable bonds is 35. The molecule has 0 radical (unpaired) electrons. The number of carbonyl (C=O) groups is 6. The summed E-state index contributed by atoms with van der Waals surface area (Å²) in [5, 5.41) is 7.41. The van der Waals surface area contributed by atoms with Gasteiger partial charge in [-0.2, -0.15) is 5.10 Å². The van der Waals surface area contributed by atoms with E-state index >= 15 is 0 Å². The predicted molar refractivity (Wildman–Crippen MR) is 323 cm³/mol. The van der Waals surface area contributed by atoms with Gasteiger partial charge in [-0.1, -0.05) is 36.6 Å². The molecule has 0 aliphatic heterocycles. The molecule has 2 fully saturated rings. The van der Waals surface area contributed by atoms with E-state index in [-0.39, 0.29) is 29.4 Å². The third kappa shape index (κ3) is 21.9. The molecule has 2 aliphatic carbocycles. The first-order chi connectivity index (χ1) is 41.5. The number of hydrogen-bond acceptors (Lipinski definition) is 19. The van der Waals surface area contributed by atoms with Gasteiger partial charge >= 0.3 is 35.8 Å². The van der Waals surface area contributed by atoms with Gasteiger partial charge in [-0.15, -0.1) is 0 Å². The molecule has 5 aromatic rings.